The van der Waals surface area contributed by atoms with Crippen LogP contribution in [0, 0.1) is 32.6 Å². The van der Waals surface area contributed by atoms with E-state index < -0.39 is 0 Å². The molecule has 21 heavy (non-hydrogen) atoms. The van der Waals surface area contributed by atoms with Crippen molar-refractivity contribution in [3.05, 3.63) is 46.1 Å². The van der Waals surface area contributed by atoms with E-state index in [2.05, 4.69) is 22.3 Å². The highest BCUT2D eigenvalue weighted by Gasteiger charge is 2.13. The van der Waals surface area contributed by atoms with Crippen LogP contribution in [-0.4, -0.2) is 22.8 Å². The third-order valence-electron chi connectivity index (χ3n) is 3.17. The lowest BCUT2D eigenvalue weighted by Crippen LogP contribution is -2.12. The van der Waals surface area contributed by atoms with E-state index in [0.29, 0.717) is 11.4 Å². The molecule has 5 heteroatoms. The number of aliphatic hydroxyl groups is 1. The number of hydrogen-bond acceptors (Lipinski definition) is 4. The summed E-state index contributed by atoms with van der Waals surface area (Å²) in [6, 6.07) is 5.18. The topological polar surface area (TPSA) is 75.4 Å². The van der Waals surface area contributed by atoms with Crippen LogP contribution in [-0.2, 0) is 0 Å². The van der Waals surface area contributed by atoms with E-state index >= 15 is 0 Å². The summed E-state index contributed by atoms with van der Waals surface area (Å²) in [5, 5.41) is 15.2. The fourth-order valence-corrected chi connectivity index (χ4v) is 1.79. The summed E-state index contributed by atoms with van der Waals surface area (Å²) >= 11 is 0. The van der Waals surface area contributed by atoms with Gasteiger partial charge in [-0.15, -0.1) is 0 Å². The molecule has 5 nitrogen and oxygen atoms in total. The molecule has 0 aliphatic rings. The highest BCUT2D eigenvalue weighted by molar-refractivity contribution is 6.04. The Hall–Kier alpha value is -2.58. The molecule has 0 aliphatic heterocycles. The molecule has 0 saturated carbocycles. The maximum atomic E-state index is 12.2. The molecule has 1 aromatic heterocycles. The molecule has 0 unspecified atom stereocenters. The minimum absolute atomic E-state index is 0.189. The van der Waals surface area contributed by atoms with Gasteiger partial charge in [0.25, 0.3) is 5.91 Å². The van der Waals surface area contributed by atoms with Gasteiger partial charge >= 0.3 is 0 Å². The Morgan fingerprint density at radius 1 is 1.38 bits per heavy atom. The number of rotatable bonds is 2. The van der Waals surface area contributed by atoms with E-state index in [1.54, 1.807) is 18.2 Å². The average molecular weight is 284 g/mol. The second-order valence-corrected chi connectivity index (χ2v) is 4.67. The number of aliphatic hydroxyl groups excluding tert-OH is 1. The van der Waals surface area contributed by atoms with Crippen molar-refractivity contribution >= 4 is 11.8 Å². The summed E-state index contributed by atoms with van der Waals surface area (Å²) in [6.45, 7) is 5.32. The van der Waals surface area contributed by atoms with Crippen LogP contribution < -0.4 is 5.32 Å². The zero-order chi connectivity index (χ0) is 15.4. The summed E-state index contributed by atoms with van der Waals surface area (Å²) in [5.41, 5.74) is 3.72. The van der Waals surface area contributed by atoms with Gasteiger partial charge in [-0.2, -0.15) is 0 Å². The first-order valence-electron chi connectivity index (χ1n) is 6.47. The van der Waals surface area contributed by atoms with E-state index in [1.807, 2.05) is 20.8 Å². The predicted molar refractivity (Wildman–Crippen MR) is 79.1 cm³/mol. The van der Waals surface area contributed by atoms with Gasteiger partial charge in [-0.1, -0.05) is 17.0 Å². The number of carbonyl (C=O) groups excluding carboxylic acids is 1. The van der Waals surface area contributed by atoms with E-state index in [0.717, 1.165) is 22.4 Å². The molecule has 0 atom stereocenters. The fourth-order valence-electron chi connectivity index (χ4n) is 1.79. The van der Waals surface area contributed by atoms with Crippen molar-refractivity contribution in [2.45, 2.75) is 20.8 Å². The summed E-state index contributed by atoms with van der Waals surface area (Å²) in [5.74, 6) is 5.51. The van der Waals surface area contributed by atoms with E-state index in [1.165, 1.54) is 0 Å². The Morgan fingerprint density at radius 2 is 2.14 bits per heavy atom. The van der Waals surface area contributed by atoms with Gasteiger partial charge < -0.3 is 9.63 Å². The maximum Gasteiger partial charge on any atom is 0.258 e. The monoisotopic (exact) mass is 284 g/mol. The van der Waals surface area contributed by atoms with Crippen LogP contribution >= 0.6 is 0 Å². The van der Waals surface area contributed by atoms with Gasteiger partial charge in [0.2, 0.25) is 5.88 Å². The van der Waals surface area contributed by atoms with Crippen molar-refractivity contribution in [3.63, 3.8) is 0 Å². The molecular weight excluding hydrogens is 268 g/mol. The zero-order valence-corrected chi connectivity index (χ0v) is 12.2. The lowest BCUT2D eigenvalue weighted by atomic mass is 10.0. The van der Waals surface area contributed by atoms with Crippen LogP contribution in [0.1, 0.15) is 32.7 Å². The molecule has 0 radical (unpaired) electrons. The number of nitrogens with zero attached hydrogens (tertiary/aromatic N) is 1. The van der Waals surface area contributed by atoms with Crippen LogP contribution in [0.2, 0.25) is 0 Å². The number of hydrogen-bond donors (Lipinski definition) is 2. The summed E-state index contributed by atoms with van der Waals surface area (Å²) < 4.78 is 5.06. The van der Waals surface area contributed by atoms with Crippen LogP contribution in [0.25, 0.3) is 0 Å². The minimum Gasteiger partial charge on any atom is -0.384 e. The van der Waals surface area contributed by atoms with Gasteiger partial charge in [-0.25, -0.2) is 0 Å². The summed E-state index contributed by atoms with van der Waals surface area (Å²) in [4.78, 5) is 12.2. The van der Waals surface area contributed by atoms with Crippen molar-refractivity contribution in [1.82, 2.24) is 5.16 Å². The number of nitrogens with one attached hydrogen (secondary N) is 1. The standard InChI is InChI=1S/C16H16N2O3/c1-10-9-14(7-6-13(10)5-4-8-19)15(20)17-16-11(2)12(3)18-21-16/h6-7,9,19H,8H2,1-3H3,(H,17,20). The van der Waals surface area contributed by atoms with Crippen molar-refractivity contribution in [1.29, 1.82) is 0 Å². The highest BCUT2D eigenvalue weighted by atomic mass is 16.5. The highest BCUT2D eigenvalue weighted by Crippen LogP contribution is 2.19. The SMILES string of the molecule is Cc1cc(C(=O)Nc2onc(C)c2C)ccc1C#CCO. The van der Waals surface area contributed by atoms with Crippen molar-refractivity contribution in [2.24, 2.45) is 0 Å². The predicted octanol–water partition coefficient (Wildman–Crippen LogP) is 2.20. The zero-order valence-electron chi connectivity index (χ0n) is 12.2. The van der Waals surface area contributed by atoms with Gasteiger partial charge in [0.05, 0.1) is 5.69 Å². The molecule has 1 heterocycles. The Bertz CT molecular complexity index is 736. The summed E-state index contributed by atoms with van der Waals surface area (Å²) in [7, 11) is 0. The Kier molecular flexibility index (Phi) is 4.41. The fraction of sp³-hybridized carbons (Fsp3) is 0.250. The van der Waals surface area contributed by atoms with Crippen LogP contribution in [0.15, 0.2) is 22.7 Å². The van der Waals surface area contributed by atoms with E-state index in [4.69, 9.17) is 9.63 Å². The van der Waals surface area contributed by atoms with Gasteiger partial charge in [0, 0.05) is 16.7 Å². The van der Waals surface area contributed by atoms with E-state index in [-0.39, 0.29) is 12.5 Å². The molecule has 0 bridgehead atoms. The van der Waals surface area contributed by atoms with Crippen molar-refractivity contribution in [3.8, 4) is 11.8 Å². The molecule has 2 N–H and O–H groups in total. The second kappa shape index (κ2) is 6.25. The van der Waals surface area contributed by atoms with Crippen LogP contribution in [0.5, 0.6) is 0 Å². The molecule has 0 fully saturated rings. The number of aryl methyl sites for hydroxylation is 2. The second-order valence-electron chi connectivity index (χ2n) is 4.67. The first kappa shape index (κ1) is 14.8. The maximum absolute atomic E-state index is 12.2. The first-order chi connectivity index (χ1) is 10.0. The molecular formula is C16H16N2O3. The number of aromatic nitrogens is 1. The van der Waals surface area contributed by atoms with Gasteiger partial charge in [0.15, 0.2) is 0 Å². The molecule has 1 aromatic carbocycles. The lowest BCUT2D eigenvalue weighted by Gasteiger charge is -2.05. The Balaban J connectivity index is 2.20. The molecule has 108 valence electrons. The Labute approximate surface area is 123 Å². The molecule has 0 saturated heterocycles. The first-order valence-corrected chi connectivity index (χ1v) is 6.47. The van der Waals surface area contributed by atoms with E-state index in [9.17, 15) is 4.79 Å². The van der Waals surface area contributed by atoms with Crippen molar-refractivity contribution in [2.75, 3.05) is 11.9 Å². The van der Waals surface area contributed by atoms with Gasteiger partial charge in [-0.3, -0.25) is 10.1 Å². The molecule has 2 aromatic rings. The van der Waals surface area contributed by atoms with Gasteiger partial charge in [-0.05, 0) is 44.5 Å². The largest absolute Gasteiger partial charge is 0.384 e. The van der Waals surface area contributed by atoms with Crippen LogP contribution in [0.4, 0.5) is 5.88 Å². The van der Waals surface area contributed by atoms with Crippen LogP contribution in [0.3, 0.4) is 0 Å². The number of amides is 1. The number of carbonyl (C=O) groups is 1. The molecule has 2 rings (SSSR count). The number of benzene rings is 1. The lowest BCUT2D eigenvalue weighted by molar-refractivity contribution is 0.102. The van der Waals surface area contributed by atoms with Gasteiger partial charge in [0.1, 0.15) is 6.61 Å². The molecule has 0 aliphatic carbocycles. The third-order valence-corrected chi connectivity index (χ3v) is 3.17. The molecule has 1 amide bonds. The number of anilines is 1. The third kappa shape index (κ3) is 3.30. The summed E-state index contributed by atoms with van der Waals surface area (Å²) in [6.07, 6.45) is 0. The minimum atomic E-state index is -0.265. The molecule has 0 spiro atoms. The smallest absolute Gasteiger partial charge is 0.258 e. The average Bonchev–Trinajstić information content (AvgIpc) is 2.78. The quantitative estimate of drug-likeness (QED) is 0.829. The Morgan fingerprint density at radius 3 is 2.71 bits per heavy atom. The van der Waals surface area contributed by atoms with Crippen molar-refractivity contribution < 1.29 is 14.4 Å². The normalized spacial score (nSPS) is 9.90.